The number of methoxy groups -OCH3 is 3. The molecule has 25 heavy (non-hydrogen) atoms. The smallest absolute Gasteiger partial charge is 0.338 e. The maximum Gasteiger partial charge on any atom is 0.338 e. The van der Waals surface area contributed by atoms with Gasteiger partial charge in [-0.3, -0.25) is 0 Å². The highest BCUT2D eigenvalue weighted by Crippen LogP contribution is 2.42. The van der Waals surface area contributed by atoms with Crippen LogP contribution in [0.25, 0.3) is 0 Å². The number of hydrogen-bond acceptors (Lipinski definition) is 7. The molecular weight excluding hydrogens is 324 g/mol. The molecule has 0 radical (unpaired) electrons. The molecule has 0 aliphatic carbocycles. The molecule has 1 aromatic carbocycles. The van der Waals surface area contributed by atoms with E-state index in [4.69, 9.17) is 24.7 Å². The van der Waals surface area contributed by atoms with Gasteiger partial charge in [-0.05, 0) is 17.7 Å². The molecule has 1 aliphatic heterocycles. The van der Waals surface area contributed by atoms with Gasteiger partial charge in [-0.15, -0.1) is 0 Å². The van der Waals surface area contributed by atoms with E-state index < -0.39 is 11.9 Å². The predicted molar refractivity (Wildman–Crippen MR) is 89.5 cm³/mol. The number of benzene rings is 1. The number of nitriles is 1. The van der Waals surface area contributed by atoms with Crippen LogP contribution < -0.4 is 15.2 Å². The van der Waals surface area contributed by atoms with Crippen molar-refractivity contribution in [3.63, 3.8) is 0 Å². The fourth-order valence-electron chi connectivity index (χ4n) is 2.78. The lowest BCUT2D eigenvalue weighted by molar-refractivity contribution is -0.136. The Morgan fingerprint density at radius 3 is 2.48 bits per heavy atom. The minimum atomic E-state index is -0.707. The molecule has 0 aromatic heterocycles. The third-order valence-electron chi connectivity index (χ3n) is 3.96. The predicted octanol–water partition coefficient (Wildman–Crippen LogP) is 2.35. The molecule has 7 heteroatoms. The van der Waals surface area contributed by atoms with Gasteiger partial charge in [-0.2, -0.15) is 5.26 Å². The molecule has 1 aromatic rings. The molecule has 0 saturated heterocycles. The number of carbonyl (C=O) groups excluding carboxylic acids is 1. The van der Waals surface area contributed by atoms with Gasteiger partial charge in [0.1, 0.15) is 17.4 Å². The van der Waals surface area contributed by atoms with Crippen molar-refractivity contribution in [3.05, 3.63) is 46.6 Å². The van der Waals surface area contributed by atoms with Crippen LogP contribution in [0.2, 0.25) is 0 Å². The summed E-state index contributed by atoms with van der Waals surface area (Å²) in [5.41, 5.74) is 6.95. The fourth-order valence-corrected chi connectivity index (χ4v) is 2.78. The summed E-state index contributed by atoms with van der Waals surface area (Å²) in [6, 6.07) is 7.19. The van der Waals surface area contributed by atoms with Gasteiger partial charge in [-0.25, -0.2) is 4.79 Å². The zero-order chi connectivity index (χ0) is 18.6. The van der Waals surface area contributed by atoms with Crippen LogP contribution >= 0.6 is 0 Å². The fraction of sp³-hybridized carbons (Fsp3) is 0.333. The zero-order valence-corrected chi connectivity index (χ0v) is 14.6. The summed E-state index contributed by atoms with van der Waals surface area (Å²) in [4.78, 5) is 12.4. The van der Waals surface area contributed by atoms with Crippen LogP contribution in [0.15, 0.2) is 41.0 Å². The van der Waals surface area contributed by atoms with E-state index >= 15 is 0 Å². The van der Waals surface area contributed by atoms with Gasteiger partial charge >= 0.3 is 5.97 Å². The van der Waals surface area contributed by atoms with Crippen molar-refractivity contribution < 1.29 is 23.7 Å². The third kappa shape index (κ3) is 3.24. The van der Waals surface area contributed by atoms with Gasteiger partial charge in [0.2, 0.25) is 5.88 Å². The summed E-state index contributed by atoms with van der Waals surface area (Å²) in [5.74, 6) is 0.0884. The van der Waals surface area contributed by atoms with E-state index in [9.17, 15) is 10.1 Å². The lowest BCUT2D eigenvalue weighted by Crippen LogP contribution is -2.25. The summed E-state index contributed by atoms with van der Waals surface area (Å²) < 4.78 is 20.9. The summed E-state index contributed by atoms with van der Waals surface area (Å²) in [6.07, 6.45) is 0.424. The molecule has 0 amide bonds. The molecule has 132 valence electrons. The van der Waals surface area contributed by atoms with Crippen molar-refractivity contribution in [1.82, 2.24) is 0 Å². The minimum Gasteiger partial charge on any atom is -0.493 e. The minimum absolute atomic E-state index is 0.0215. The topological polar surface area (TPSA) is 104 Å². The van der Waals surface area contributed by atoms with E-state index in [1.54, 1.807) is 18.2 Å². The first-order valence-electron chi connectivity index (χ1n) is 7.63. The number of allylic oxidation sites excluding steroid dienone is 2. The third-order valence-corrected chi connectivity index (χ3v) is 3.96. The zero-order valence-electron chi connectivity index (χ0n) is 14.6. The van der Waals surface area contributed by atoms with E-state index in [0.717, 1.165) is 0 Å². The number of hydrogen-bond donors (Lipinski definition) is 1. The van der Waals surface area contributed by atoms with Crippen molar-refractivity contribution in [2.24, 2.45) is 5.73 Å². The summed E-state index contributed by atoms with van der Waals surface area (Å²) >= 11 is 0. The molecule has 0 fully saturated rings. The Kier molecular flexibility index (Phi) is 5.55. The molecule has 2 rings (SSSR count). The Morgan fingerprint density at radius 2 is 1.96 bits per heavy atom. The highest BCUT2D eigenvalue weighted by molar-refractivity contribution is 5.92. The van der Waals surface area contributed by atoms with E-state index in [2.05, 4.69) is 0 Å². The maximum atomic E-state index is 12.4. The second kappa shape index (κ2) is 7.62. The number of nitrogens with zero attached hydrogens (tertiary/aromatic N) is 1. The van der Waals surface area contributed by atoms with Crippen molar-refractivity contribution >= 4 is 5.97 Å². The first kappa shape index (κ1) is 18.2. The molecule has 0 spiro atoms. The van der Waals surface area contributed by atoms with Crippen LogP contribution in [0.5, 0.6) is 11.5 Å². The Balaban J connectivity index is 2.71. The molecule has 0 bridgehead atoms. The van der Waals surface area contributed by atoms with Crippen LogP contribution in [0.1, 0.15) is 24.8 Å². The van der Waals surface area contributed by atoms with Gasteiger partial charge in [-0.1, -0.05) is 13.0 Å². The SMILES string of the molecule is CCC1=C(C(=O)OC)[C@H](c2ccc(OC)c(OC)c2)C(C#N)=C(N)O1. The van der Waals surface area contributed by atoms with Crippen LogP contribution in [-0.4, -0.2) is 27.3 Å². The lowest BCUT2D eigenvalue weighted by Gasteiger charge is -2.27. The Hall–Kier alpha value is -3.14. The molecule has 0 saturated carbocycles. The summed E-state index contributed by atoms with van der Waals surface area (Å²) in [5, 5.41) is 9.55. The first-order chi connectivity index (χ1) is 12.0. The van der Waals surface area contributed by atoms with Gasteiger partial charge < -0.3 is 24.7 Å². The number of esters is 1. The normalized spacial score (nSPS) is 16.8. The molecule has 7 nitrogen and oxygen atoms in total. The van der Waals surface area contributed by atoms with E-state index in [1.165, 1.54) is 21.3 Å². The highest BCUT2D eigenvalue weighted by Gasteiger charge is 2.37. The quantitative estimate of drug-likeness (QED) is 0.818. The van der Waals surface area contributed by atoms with Gasteiger partial charge in [0, 0.05) is 6.42 Å². The maximum absolute atomic E-state index is 12.4. The molecule has 1 aliphatic rings. The van der Waals surface area contributed by atoms with Crippen molar-refractivity contribution in [2.75, 3.05) is 21.3 Å². The second-order valence-electron chi connectivity index (χ2n) is 5.22. The molecule has 1 heterocycles. The van der Waals surface area contributed by atoms with Crippen molar-refractivity contribution in [2.45, 2.75) is 19.3 Å². The monoisotopic (exact) mass is 344 g/mol. The molecule has 1 atom stereocenters. The average Bonchev–Trinajstić information content (AvgIpc) is 2.65. The number of rotatable bonds is 5. The first-order valence-corrected chi connectivity index (χ1v) is 7.63. The van der Waals surface area contributed by atoms with E-state index in [-0.39, 0.29) is 17.0 Å². The van der Waals surface area contributed by atoms with Gasteiger partial charge in [0.25, 0.3) is 0 Å². The number of carbonyl (C=O) groups is 1. The van der Waals surface area contributed by atoms with E-state index in [0.29, 0.717) is 29.2 Å². The standard InChI is InChI=1S/C18H20N2O5/c1-5-12-16(18(21)24-4)15(11(9-19)17(20)25-12)10-6-7-13(22-2)14(8-10)23-3/h6-8,15H,5,20H2,1-4H3/t15-/m1/s1. The average molecular weight is 344 g/mol. The molecule has 0 unspecified atom stereocenters. The summed E-state index contributed by atoms with van der Waals surface area (Å²) in [6.45, 7) is 1.83. The Labute approximate surface area is 146 Å². The van der Waals surface area contributed by atoms with Crippen LogP contribution in [0.4, 0.5) is 0 Å². The second-order valence-corrected chi connectivity index (χ2v) is 5.22. The van der Waals surface area contributed by atoms with Crippen molar-refractivity contribution in [3.8, 4) is 17.6 Å². The van der Waals surface area contributed by atoms with Crippen molar-refractivity contribution in [1.29, 1.82) is 5.26 Å². The lowest BCUT2D eigenvalue weighted by atomic mass is 9.82. The highest BCUT2D eigenvalue weighted by atomic mass is 16.5. The molecular formula is C18H20N2O5. The largest absolute Gasteiger partial charge is 0.493 e. The number of ether oxygens (including phenoxy) is 4. The molecule has 2 N–H and O–H groups in total. The van der Waals surface area contributed by atoms with Crippen LogP contribution in [0.3, 0.4) is 0 Å². The Morgan fingerprint density at radius 1 is 1.28 bits per heavy atom. The number of nitrogens with two attached hydrogens (primary N) is 1. The van der Waals surface area contributed by atoms with Gasteiger partial charge in [0.05, 0.1) is 32.8 Å². The summed E-state index contributed by atoms with van der Waals surface area (Å²) in [7, 11) is 4.32. The van der Waals surface area contributed by atoms with Crippen LogP contribution in [0, 0.1) is 11.3 Å². The van der Waals surface area contributed by atoms with Crippen LogP contribution in [-0.2, 0) is 14.3 Å². The Bertz CT molecular complexity index is 789. The van der Waals surface area contributed by atoms with Gasteiger partial charge in [0.15, 0.2) is 11.5 Å². The van der Waals surface area contributed by atoms with E-state index in [1.807, 2.05) is 13.0 Å².